The van der Waals surface area contributed by atoms with Gasteiger partial charge in [-0.05, 0) is 44.8 Å². The summed E-state index contributed by atoms with van der Waals surface area (Å²) < 4.78 is 1.87. The molecular weight excluding hydrogens is 338 g/mol. The van der Waals surface area contributed by atoms with Crippen LogP contribution in [-0.2, 0) is 0 Å². The molecule has 0 aliphatic carbocycles. The molecule has 16 heavy (non-hydrogen) atoms. The fourth-order valence-corrected chi connectivity index (χ4v) is 2.25. The fourth-order valence-electron chi connectivity index (χ4n) is 1.12. The number of pyridine rings is 1. The first kappa shape index (κ1) is 13.9. The Bertz CT molecular complexity index is 334. The van der Waals surface area contributed by atoms with E-state index in [-0.39, 0.29) is 6.10 Å². The number of aromatic nitrogens is 1. The molecule has 6 heteroatoms. The van der Waals surface area contributed by atoms with E-state index in [4.69, 9.17) is 5.11 Å². The molecule has 1 rings (SSSR count). The monoisotopic (exact) mass is 351 g/mol. The summed E-state index contributed by atoms with van der Waals surface area (Å²) in [4.78, 5) is 4.23. The van der Waals surface area contributed by atoms with Crippen molar-refractivity contribution in [3.05, 3.63) is 21.2 Å². The van der Waals surface area contributed by atoms with Gasteiger partial charge in [-0.15, -0.1) is 0 Å². The molecule has 0 bridgehead atoms. The number of hydrogen-bond donors (Lipinski definition) is 3. The van der Waals surface area contributed by atoms with Crippen LogP contribution >= 0.6 is 31.9 Å². The molecule has 0 fully saturated rings. The first-order chi connectivity index (χ1) is 7.59. The van der Waals surface area contributed by atoms with E-state index in [1.54, 1.807) is 13.1 Å². The van der Waals surface area contributed by atoms with Crippen molar-refractivity contribution in [2.24, 2.45) is 0 Å². The number of halogens is 2. The molecule has 0 spiro atoms. The topological polar surface area (TPSA) is 57.2 Å². The third-order valence-corrected chi connectivity index (χ3v) is 2.88. The molecule has 4 nitrogen and oxygen atoms in total. The SMILES string of the molecule is CC(O)CNCCNc1ncc(Br)cc1Br. The quantitative estimate of drug-likeness (QED) is 0.685. The molecule has 3 N–H and O–H groups in total. The van der Waals surface area contributed by atoms with Gasteiger partial charge in [0.15, 0.2) is 0 Å². The van der Waals surface area contributed by atoms with Crippen LogP contribution in [0.25, 0.3) is 0 Å². The average Bonchev–Trinajstić information content (AvgIpc) is 2.20. The van der Waals surface area contributed by atoms with E-state index < -0.39 is 0 Å². The molecule has 90 valence electrons. The van der Waals surface area contributed by atoms with Gasteiger partial charge >= 0.3 is 0 Å². The molecule has 1 unspecified atom stereocenters. The van der Waals surface area contributed by atoms with E-state index in [2.05, 4.69) is 47.5 Å². The summed E-state index contributed by atoms with van der Waals surface area (Å²) in [6.45, 7) is 3.92. The first-order valence-corrected chi connectivity index (χ1v) is 6.62. The molecule has 0 aliphatic heterocycles. The van der Waals surface area contributed by atoms with Gasteiger partial charge in [0, 0.05) is 30.3 Å². The second-order valence-corrected chi connectivity index (χ2v) is 5.23. The van der Waals surface area contributed by atoms with Gasteiger partial charge in [0.2, 0.25) is 0 Å². The highest BCUT2D eigenvalue weighted by molar-refractivity contribution is 9.11. The van der Waals surface area contributed by atoms with Crippen molar-refractivity contribution in [2.45, 2.75) is 13.0 Å². The van der Waals surface area contributed by atoms with Crippen molar-refractivity contribution in [3.8, 4) is 0 Å². The van der Waals surface area contributed by atoms with Gasteiger partial charge in [-0.1, -0.05) is 0 Å². The second-order valence-electron chi connectivity index (χ2n) is 3.46. The maximum absolute atomic E-state index is 9.04. The lowest BCUT2D eigenvalue weighted by molar-refractivity contribution is 0.192. The molecule has 0 aromatic carbocycles. The standard InChI is InChI=1S/C10H15Br2N3O/c1-7(16)5-13-2-3-14-10-9(12)4-8(11)6-15-10/h4,6-7,13,16H,2-3,5H2,1H3,(H,14,15). The van der Waals surface area contributed by atoms with Gasteiger partial charge in [-0.3, -0.25) is 0 Å². The fraction of sp³-hybridized carbons (Fsp3) is 0.500. The highest BCUT2D eigenvalue weighted by Gasteiger charge is 2.01. The summed E-state index contributed by atoms with van der Waals surface area (Å²) in [5, 5.41) is 15.3. The van der Waals surface area contributed by atoms with E-state index in [0.717, 1.165) is 27.9 Å². The smallest absolute Gasteiger partial charge is 0.140 e. The summed E-state index contributed by atoms with van der Waals surface area (Å²) >= 11 is 6.77. The van der Waals surface area contributed by atoms with E-state index in [0.29, 0.717) is 6.54 Å². The van der Waals surface area contributed by atoms with Gasteiger partial charge in [0.1, 0.15) is 5.82 Å². The maximum Gasteiger partial charge on any atom is 0.140 e. The molecule has 0 saturated carbocycles. The lowest BCUT2D eigenvalue weighted by Crippen LogP contribution is -2.29. The third-order valence-electron chi connectivity index (χ3n) is 1.84. The summed E-state index contributed by atoms with van der Waals surface area (Å²) in [5.41, 5.74) is 0. The van der Waals surface area contributed by atoms with Crippen LogP contribution in [0.5, 0.6) is 0 Å². The number of nitrogens with zero attached hydrogens (tertiary/aromatic N) is 1. The van der Waals surface area contributed by atoms with Crippen LogP contribution in [0.4, 0.5) is 5.82 Å². The Labute approximate surface area is 112 Å². The molecule has 0 radical (unpaired) electrons. The van der Waals surface area contributed by atoms with Crippen molar-refractivity contribution in [3.63, 3.8) is 0 Å². The van der Waals surface area contributed by atoms with E-state index in [1.165, 1.54) is 0 Å². The first-order valence-electron chi connectivity index (χ1n) is 5.03. The number of rotatable bonds is 6. The van der Waals surface area contributed by atoms with Gasteiger partial charge in [0.25, 0.3) is 0 Å². The Morgan fingerprint density at radius 3 is 2.81 bits per heavy atom. The molecule has 0 amide bonds. The Hall–Kier alpha value is -0.170. The van der Waals surface area contributed by atoms with Gasteiger partial charge in [-0.25, -0.2) is 4.98 Å². The van der Waals surface area contributed by atoms with Crippen LogP contribution in [0.15, 0.2) is 21.2 Å². The largest absolute Gasteiger partial charge is 0.392 e. The van der Waals surface area contributed by atoms with Crippen molar-refractivity contribution in [1.82, 2.24) is 10.3 Å². The molecule has 1 atom stereocenters. The number of nitrogens with one attached hydrogen (secondary N) is 2. The van der Waals surface area contributed by atoms with Crippen LogP contribution < -0.4 is 10.6 Å². The van der Waals surface area contributed by atoms with Crippen LogP contribution in [-0.4, -0.2) is 35.8 Å². The lowest BCUT2D eigenvalue weighted by atomic mass is 10.4. The highest BCUT2D eigenvalue weighted by Crippen LogP contribution is 2.22. The zero-order valence-electron chi connectivity index (χ0n) is 9.00. The van der Waals surface area contributed by atoms with Crippen LogP contribution in [0.3, 0.4) is 0 Å². The predicted octanol–water partition coefficient (Wildman–Crippen LogP) is 1.99. The van der Waals surface area contributed by atoms with Crippen molar-refractivity contribution < 1.29 is 5.11 Å². The Morgan fingerprint density at radius 2 is 2.19 bits per heavy atom. The number of hydrogen-bond acceptors (Lipinski definition) is 4. The second kappa shape index (κ2) is 7.21. The van der Waals surface area contributed by atoms with Crippen molar-refractivity contribution >= 4 is 37.7 Å². The molecule has 1 aromatic heterocycles. The minimum atomic E-state index is -0.308. The summed E-state index contributed by atoms with van der Waals surface area (Å²) in [6, 6.07) is 1.94. The minimum absolute atomic E-state index is 0.308. The lowest BCUT2D eigenvalue weighted by Gasteiger charge is -2.09. The maximum atomic E-state index is 9.04. The number of anilines is 1. The summed E-state index contributed by atoms with van der Waals surface area (Å²) in [6.07, 6.45) is 1.44. The highest BCUT2D eigenvalue weighted by atomic mass is 79.9. The number of aliphatic hydroxyl groups excluding tert-OH is 1. The van der Waals surface area contributed by atoms with Crippen LogP contribution in [0, 0.1) is 0 Å². The zero-order chi connectivity index (χ0) is 12.0. The van der Waals surface area contributed by atoms with E-state index in [1.807, 2.05) is 6.07 Å². The zero-order valence-corrected chi connectivity index (χ0v) is 12.2. The van der Waals surface area contributed by atoms with Crippen molar-refractivity contribution in [2.75, 3.05) is 25.0 Å². The molecule has 1 aromatic rings. The van der Waals surface area contributed by atoms with E-state index >= 15 is 0 Å². The minimum Gasteiger partial charge on any atom is -0.392 e. The van der Waals surface area contributed by atoms with Gasteiger partial charge < -0.3 is 15.7 Å². The van der Waals surface area contributed by atoms with Crippen LogP contribution in [0.1, 0.15) is 6.92 Å². The summed E-state index contributed by atoms with van der Waals surface area (Å²) in [7, 11) is 0. The Kier molecular flexibility index (Phi) is 6.26. The third kappa shape index (κ3) is 5.25. The molecule has 0 saturated heterocycles. The summed E-state index contributed by atoms with van der Waals surface area (Å²) in [5.74, 6) is 0.821. The molecule has 0 aliphatic rings. The Balaban J connectivity index is 2.27. The average molecular weight is 353 g/mol. The van der Waals surface area contributed by atoms with E-state index in [9.17, 15) is 0 Å². The number of aliphatic hydroxyl groups is 1. The van der Waals surface area contributed by atoms with Gasteiger partial charge in [0.05, 0.1) is 10.6 Å². The Morgan fingerprint density at radius 1 is 1.44 bits per heavy atom. The van der Waals surface area contributed by atoms with Crippen molar-refractivity contribution in [1.29, 1.82) is 0 Å². The normalized spacial score (nSPS) is 12.5. The predicted molar refractivity (Wildman–Crippen MR) is 72.7 cm³/mol. The molecular formula is C10H15Br2N3O. The molecule has 1 heterocycles. The van der Waals surface area contributed by atoms with Crippen LogP contribution in [0.2, 0.25) is 0 Å². The van der Waals surface area contributed by atoms with Gasteiger partial charge in [-0.2, -0.15) is 0 Å².